The number of rotatable bonds is 3. The van der Waals surface area contributed by atoms with Crippen LogP contribution in [-0.2, 0) is 14.3 Å². The van der Waals surface area contributed by atoms with E-state index in [0.717, 1.165) is 10.6 Å². The first-order valence-electron chi connectivity index (χ1n) is 5.99. The maximum Gasteiger partial charge on any atom is 0.326 e. The van der Waals surface area contributed by atoms with E-state index in [1.54, 1.807) is 26.0 Å². The highest BCUT2D eigenvalue weighted by Gasteiger charge is 2.27. The number of benzene rings is 1. The van der Waals surface area contributed by atoms with Crippen molar-refractivity contribution in [2.24, 2.45) is 0 Å². The number of hydrogen-bond acceptors (Lipinski definition) is 5. The molecule has 0 saturated carbocycles. The molecule has 0 atom stereocenters. The number of nitrogens with two attached hydrogens (primary N) is 1. The monoisotopic (exact) mass is 280 g/mol. The predicted octanol–water partition coefficient (Wildman–Crippen LogP) is 1.66. The highest BCUT2D eigenvalue weighted by molar-refractivity contribution is 8.00. The van der Waals surface area contributed by atoms with Crippen molar-refractivity contribution in [3.8, 4) is 0 Å². The van der Waals surface area contributed by atoms with Crippen LogP contribution in [0.25, 0.3) is 0 Å². The van der Waals surface area contributed by atoms with Crippen molar-refractivity contribution >= 4 is 35.0 Å². The van der Waals surface area contributed by atoms with Crippen LogP contribution in [0.1, 0.15) is 13.8 Å². The summed E-state index contributed by atoms with van der Waals surface area (Å²) in [6.45, 7) is 3.50. The van der Waals surface area contributed by atoms with E-state index in [4.69, 9.17) is 10.5 Å². The molecule has 0 spiro atoms. The summed E-state index contributed by atoms with van der Waals surface area (Å²) in [5.41, 5.74) is 7.08. The molecule has 1 aromatic rings. The molecule has 2 rings (SSSR count). The number of thioether (sulfide) groups is 1. The average molecular weight is 280 g/mol. The fourth-order valence-electron chi connectivity index (χ4n) is 1.82. The van der Waals surface area contributed by atoms with E-state index < -0.39 is 5.97 Å². The van der Waals surface area contributed by atoms with Gasteiger partial charge in [-0.1, -0.05) is 0 Å². The number of hydrogen-bond donors (Lipinski definition) is 1. The third kappa shape index (κ3) is 3.20. The number of nitrogens with zero attached hydrogens (tertiary/aromatic N) is 1. The average Bonchev–Trinajstić information content (AvgIpc) is 2.32. The van der Waals surface area contributed by atoms with Gasteiger partial charge < -0.3 is 10.5 Å². The summed E-state index contributed by atoms with van der Waals surface area (Å²) < 4.78 is 5.08. The molecule has 5 nitrogen and oxygen atoms in total. The SMILES string of the molecule is CC(C)OC(=O)CN1C(=O)CSc2cc(N)ccc21. The van der Waals surface area contributed by atoms with Crippen molar-refractivity contribution in [2.75, 3.05) is 22.9 Å². The Balaban J connectivity index is 2.21. The van der Waals surface area contributed by atoms with Crippen molar-refractivity contribution in [3.05, 3.63) is 18.2 Å². The summed E-state index contributed by atoms with van der Waals surface area (Å²) in [4.78, 5) is 26.0. The van der Waals surface area contributed by atoms with Crippen LogP contribution in [0.2, 0.25) is 0 Å². The lowest BCUT2D eigenvalue weighted by atomic mass is 10.2. The van der Waals surface area contributed by atoms with Gasteiger partial charge in [-0.3, -0.25) is 14.5 Å². The molecule has 102 valence electrons. The van der Waals surface area contributed by atoms with Gasteiger partial charge in [-0.15, -0.1) is 11.8 Å². The maximum atomic E-state index is 11.9. The summed E-state index contributed by atoms with van der Waals surface area (Å²) in [5, 5.41) is 0. The second-order valence-electron chi connectivity index (χ2n) is 4.53. The van der Waals surface area contributed by atoms with E-state index in [-0.39, 0.29) is 18.6 Å². The molecule has 0 fully saturated rings. The molecule has 0 unspecified atom stereocenters. The Bertz CT molecular complexity index is 517. The normalized spacial score (nSPS) is 14.5. The minimum atomic E-state index is -0.405. The van der Waals surface area contributed by atoms with Gasteiger partial charge in [0, 0.05) is 10.6 Å². The molecule has 2 N–H and O–H groups in total. The third-order valence-electron chi connectivity index (χ3n) is 2.58. The van der Waals surface area contributed by atoms with Crippen molar-refractivity contribution in [1.29, 1.82) is 0 Å². The molecular weight excluding hydrogens is 264 g/mol. The van der Waals surface area contributed by atoms with Crippen LogP contribution < -0.4 is 10.6 Å². The molecule has 1 aliphatic rings. The van der Waals surface area contributed by atoms with Crippen molar-refractivity contribution in [3.63, 3.8) is 0 Å². The minimum Gasteiger partial charge on any atom is -0.462 e. The third-order valence-corrected chi connectivity index (χ3v) is 3.61. The largest absolute Gasteiger partial charge is 0.462 e. The van der Waals surface area contributed by atoms with Crippen LogP contribution in [0, 0.1) is 0 Å². The zero-order valence-corrected chi connectivity index (χ0v) is 11.7. The Morgan fingerprint density at radius 2 is 2.26 bits per heavy atom. The Morgan fingerprint density at radius 3 is 2.95 bits per heavy atom. The Kier molecular flexibility index (Phi) is 3.99. The number of amides is 1. The van der Waals surface area contributed by atoms with Gasteiger partial charge in [0.25, 0.3) is 0 Å². The molecule has 0 aromatic heterocycles. The number of fused-ring (bicyclic) bond motifs is 1. The number of carbonyl (C=O) groups is 2. The Labute approximate surface area is 116 Å². The van der Waals surface area contributed by atoms with Gasteiger partial charge in [0.1, 0.15) is 6.54 Å². The van der Waals surface area contributed by atoms with E-state index in [0.29, 0.717) is 11.4 Å². The molecule has 0 bridgehead atoms. The molecule has 1 aromatic carbocycles. The first-order chi connectivity index (χ1) is 8.97. The highest BCUT2D eigenvalue weighted by atomic mass is 32.2. The summed E-state index contributed by atoms with van der Waals surface area (Å²) in [7, 11) is 0. The van der Waals surface area contributed by atoms with E-state index in [2.05, 4.69) is 0 Å². The summed E-state index contributed by atoms with van der Waals surface area (Å²) in [5.74, 6) is -0.188. The molecular formula is C13H16N2O3S. The molecule has 1 heterocycles. The standard InChI is InChI=1S/C13H16N2O3S/c1-8(2)18-13(17)6-15-10-4-3-9(14)5-11(10)19-7-12(15)16/h3-5,8H,6-7,14H2,1-2H3. The fraction of sp³-hybridized carbons (Fsp3) is 0.385. The molecule has 6 heteroatoms. The molecule has 0 aliphatic carbocycles. The van der Waals surface area contributed by atoms with Crippen molar-refractivity contribution in [2.45, 2.75) is 24.8 Å². The first-order valence-corrected chi connectivity index (χ1v) is 6.98. The topological polar surface area (TPSA) is 72.6 Å². The van der Waals surface area contributed by atoms with Gasteiger partial charge in [-0.25, -0.2) is 0 Å². The van der Waals surface area contributed by atoms with Crippen LogP contribution in [0.4, 0.5) is 11.4 Å². The van der Waals surface area contributed by atoms with Gasteiger partial charge >= 0.3 is 5.97 Å². The van der Waals surface area contributed by atoms with Crippen LogP contribution in [0.5, 0.6) is 0 Å². The summed E-state index contributed by atoms with van der Waals surface area (Å²) >= 11 is 1.43. The van der Waals surface area contributed by atoms with E-state index in [9.17, 15) is 9.59 Å². The van der Waals surface area contributed by atoms with E-state index in [1.165, 1.54) is 16.7 Å². The number of ether oxygens (including phenoxy) is 1. The van der Waals surface area contributed by atoms with Crippen LogP contribution in [0.15, 0.2) is 23.1 Å². The molecule has 19 heavy (non-hydrogen) atoms. The van der Waals surface area contributed by atoms with Crippen LogP contribution in [-0.4, -0.2) is 30.3 Å². The first kappa shape index (κ1) is 13.7. The quantitative estimate of drug-likeness (QED) is 0.673. The summed E-state index contributed by atoms with van der Waals surface area (Å²) in [6.07, 6.45) is -0.187. The Hall–Kier alpha value is -1.69. The van der Waals surface area contributed by atoms with Crippen LogP contribution in [0.3, 0.4) is 0 Å². The number of esters is 1. The summed E-state index contributed by atoms with van der Waals surface area (Å²) in [6, 6.07) is 5.30. The number of carbonyl (C=O) groups excluding carboxylic acids is 2. The lowest BCUT2D eigenvalue weighted by molar-refractivity contribution is -0.146. The van der Waals surface area contributed by atoms with Gasteiger partial charge in [0.2, 0.25) is 5.91 Å². The minimum absolute atomic E-state index is 0.0610. The van der Waals surface area contributed by atoms with Gasteiger partial charge in [0.15, 0.2) is 0 Å². The lowest BCUT2D eigenvalue weighted by Gasteiger charge is -2.28. The van der Waals surface area contributed by atoms with Crippen molar-refractivity contribution < 1.29 is 14.3 Å². The number of anilines is 2. The maximum absolute atomic E-state index is 11.9. The zero-order chi connectivity index (χ0) is 14.0. The van der Waals surface area contributed by atoms with Gasteiger partial charge in [0.05, 0.1) is 17.5 Å². The van der Waals surface area contributed by atoms with Gasteiger partial charge in [-0.05, 0) is 32.0 Å². The molecule has 0 radical (unpaired) electrons. The smallest absolute Gasteiger partial charge is 0.326 e. The zero-order valence-electron chi connectivity index (χ0n) is 10.9. The molecule has 1 aliphatic heterocycles. The van der Waals surface area contributed by atoms with Crippen molar-refractivity contribution in [1.82, 2.24) is 0 Å². The molecule has 1 amide bonds. The lowest BCUT2D eigenvalue weighted by Crippen LogP contribution is -2.40. The fourth-order valence-corrected chi connectivity index (χ4v) is 2.80. The second-order valence-corrected chi connectivity index (χ2v) is 5.55. The molecule has 0 saturated heterocycles. The van der Waals surface area contributed by atoms with E-state index >= 15 is 0 Å². The second kappa shape index (κ2) is 5.52. The Morgan fingerprint density at radius 1 is 1.53 bits per heavy atom. The predicted molar refractivity (Wildman–Crippen MR) is 75.2 cm³/mol. The highest BCUT2D eigenvalue weighted by Crippen LogP contribution is 2.36. The van der Waals surface area contributed by atoms with Crippen LogP contribution >= 0.6 is 11.8 Å². The van der Waals surface area contributed by atoms with Gasteiger partial charge in [-0.2, -0.15) is 0 Å². The van der Waals surface area contributed by atoms with E-state index in [1.807, 2.05) is 6.07 Å². The number of nitrogen functional groups attached to an aromatic ring is 1.